The molecule has 1 aliphatic carbocycles. The van der Waals surface area contributed by atoms with Crippen LogP contribution in [0.3, 0.4) is 0 Å². The van der Waals surface area contributed by atoms with E-state index in [9.17, 15) is 19.1 Å². The normalized spacial score (nSPS) is 16.4. The van der Waals surface area contributed by atoms with Crippen molar-refractivity contribution in [3.8, 4) is 0 Å². The minimum Gasteiger partial charge on any atom is -0.480 e. The summed E-state index contributed by atoms with van der Waals surface area (Å²) >= 11 is 6.40. The molecule has 1 amide bonds. The quantitative estimate of drug-likeness (QED) is 0.486. The zero-order chi connectivity index (χ0) is 23.7. The molecule has 2 aromatic carbocycles. The number of benzene rings is 2. The van der Waals surface area contributed by atoms with Crippen LogP contribution >= 0.6 is 11.6 Å². The maximum absolute atomic E-state index is 14.2. The molecule has 1 aliphatic rings. The van der Waals surface area contributed by atoms with E-state index in [2.05, 4.69) is 5.32 Å². The predicted molar refractivity (Wildman–Crippen MR) is 127 cm³/mol. The Kier molecular flexibility index (Phi) is 6.75. The molecule has 0 saturated heterocycles. The topological polar surface area (TPSA) is 71.3 Å². The molecule has 0 spiro atoms. The number of nitrogens with zero attached hydrogens (tertiary/aromatic N) is 1. The third kappa shape index (κ3) is 4.62. The third-order valence-electron chi connectivity index (χ3n) is 6.64. The van der Waals surface area contributed by atoms with Crippen LogP contribution in [0.25, 0.3) is 10.9 Å². The van der Waals surface area contributed by atoms with Gasteiger partial charge in [-0.05, 0) is 67.9 Å². The summed E-state index contributed by atoms with van der Waals surface area (Å²) in [7, 11) is 0. The lowest BCUT2D eigenvalue weighted by atomic mass is 9.91. The van der Waals surface area contributed by atoms with Crippen LogP contribution in [-0.4, -0.2) is 27.6 Å². The smallest absolute Gasteiger partial charge is 0.326 e. The number of carboxylic acid groups (broad SMARTS) is 1. The third-order valence-corrected chi connectivity index (χ3v) is 6.93. The molecule has 0 aliphatic heterocycles. The Labute approximate surface area is 197 Å². The second-order valence-corrected chi connectivity index (χ2v) is 9.18. The molecule has 1 heterocycles. The van der Waals surface area contributed by atoms with E-state index < -0.39 is 17.8 Å². The van der Waals surface area contributed by atoms with Crippen LogP contribution in [0.1, 0.15) is 54.6 Å². The number of nitrogens with one attached hydrogen (secondary N) is 1. The van der Waals surface area contributed by atoms with Crippen molar-refractivity contribution < 1.29 is 19.1 Å². The van der Waals surface area contributed by atoms with Crippen LogP contribution in [0.5, 0.6) is 0 Å². The zero-order valence-corrected chi connectivity index (χ0v) is 19.6. The van der Waals surface area contributed by atoms with Crippen LogP contribution in [-0.2, 0) is 28.9 Å². The lowest BCUT2D eigenvalue weighted by Crippen LogP contribution is -2.39. The first-order valence-electron chi connectivity index (χ1n) is 11.4. The molecule has 5 nitrogen and oxygen atoms in total. The second kappa shape index (κ2) is 9.56. The van der Waals surface area contributed by atoms with Gasteiger partial charge in [-0.2, -0.15) is 0 Å². The molecule has 2 unspecified atom stereocenters. The molecule has 4 rings (SSSR count). The first-order valence-corrected chi connectivity index (χ1v) is 11.7. The number of aliphatic carboxylic acids is 1. The molecule has 3 aromatic rings. The van der Waals surface area contributed by atoms with E-state index in [4.69, 9.17) is 11.6 Å². The Bertz CT molecular complexity index is 1220. The van der Waals surface area contributed by atoms with Crippen molar-refractivity contribution in [3.63, 3.8) is 0 Å². The van der Waals surface area contributed by atoms with E-state index in [1.807, 2.05) is 38.1 Å². The second-order valence-electron chi connectivity index (χ2n) is 8.78. The summed E-state index contributed by atoms with van der Waals surface area (Å²) in [6, 6.07) is 9.82. The van der Waals surface area contributed by atoms with E-state index in [1.165, 1.54) is 17.7 Å². The summed E-state index contributed by atoms with van der Waals surface area (Å²) in [5, 5.41) is 13.8. The molecule has 0 saturated carbocycles. The highest BCUT2D eigenvalue weighted by molar-refractivity contribution is 6.35. The minimum atomic E-state index is -0.941. The summed E-state index contributed by atoms with van der Waals surface area (Å²) in [4.78, 5) is 24.6. The number of hydrogen-bond acceptors (Lipinski definition) is 2. The number of hydrogen-bond donors (Lipinski definition) is 2. The largest absolute Gasteiger partial charge is 0.480 e. The molecular weight excluding hydrogens is 443 g/mol. The van der Waals surface area contributed by atoms with Crippen molar-refractivity contribution in [2.75, 3.05) is 0 Å². The van der Waals surface area contributed by atoms with Gasteiger partial charge in [-0.3, -0.25) is 4.79 Å². The number of fused-ring (bicyclic) bond motifs is 3. The molecule has 0 radical (unpaired) electrons. The van der Waals surface area contributed by atoms with Gasteiger partial charge >= 0.3 is 5.97 Å². The van der Waals surface area contributed by atoms with Crippen LogP contribution in [0.2, 0.25) is 5.02 Å². The molecule has 2 N–H and O–H groups in total. The van der Waals surface area contributed by atoms with E-state index in [0.29, 0.717) is 49.4 Å². The van der Waals surface area contributed by atoms with Crippen molar-refractivity contribution in [2.24, 2.45) is 0 Å². The van der Waals surface area contributed by atoms with Crippen LogP contribution in [0.15, 0.2) is 36.4 Å². The highest BCUT2D eigenvalue weighted by Crippen LogP contribution is 2.39. The van der Waals surface area contributed by atoms with Gasteiger partial charge in [0, 0.05) is 23.5 Å². The maximum Gasteiger partial charge on any atom is 0.326 e. The molecular formula is C26H28ClFN2O3. The molecule has 174 valence electrons. The number of carbonyl (C=O) groups excluding carboxylic acids is 1. The van der Waals surface area contributed by atoms with Gasteiger partial charge in [-0.1, -0.05) is 42.8 Å². The summed E-state index contributed by atoms with van der Waals surface area (Å²) in [5.41, 5.74) is 4.64. The summed E-state index contributed by atoms with van der Waals surface area (Å²) in [6.07, 6.45) is 3.26. The van der Waals surface area contributed by atoms with Gasteiger partial charge in [-0.25, -0.2) is 9.18 Å². The van der Waals surface area contributed by atoms with Gasteiger partial charge in [0.2, 0.25) is 5.91 Å². The predicted octanol–water partition coefficient (Wildman–Crippen LogP) is 5.38. The SMILES string of the molecule is CCC(C(=O)O)n1c2c(c3cc(F)cc(Cl)c31)CC(NC(=O)CCc1ccccc1C)CC2. The molecule has 7 heteroatoms. The van der Waals surface area contributed by atoms with Crippen molar-refractivity contribution in [3.05, 3.63) is 69.6 Å². The minimum absolute atomic E-state index is 0.0170. The first kappa shape index (κ1) is 23.3. The lowest BCUT2D eigenvalue weighted by Gasteiger charge is -2.26. The molecule has 2 atom stereocenters. The van der Waals surface area contributed by atoms with Crippen molar-refractivity contribution in [2.45, 2.75) is 64.5 Å². The van der Waals surface area contributed by atoms with E-state index >= 15 is 0 Å². The number of carbonyl (C=O) groups is 2. The number of aryl methyl sites for hydroxylation is 2. The highest BCUT2D eigenvalue weighted by atomic mass is 35.5. The summed E-state index contributed by atoms with van der Waals surface area (Å²) in [5.74, 6) is -1.42. The van der Waals surface area contributed by atoms with Crippen LogP contribution in [0.4, 0.5) is 4.39 Å². The Morgan fingerprint density at radius 2 is 2.06 bits per heavy atom. The number of carboxylic acids is 1. The molecule has 0 bridgehead atoms. The monoisotopic (exact) mass is 470 g/mol. The molecule has 0 fully saturated rings. The maximum atomic E-state index is 14.2. The molecule has 1 aromatic heterocycles. The number of halogens is 2. The Morgan fingerprint density at radius 1 is 1.30 bits per heavy atom. The van der Waals surface area contributed by atoms with Gasteiger partial charge in [0.05, 0.1) is 10.5 Å². The Balaban J connectivity index is 1.59. The van der Waals surface area contributed by atoms with Crippen LogP contribution in [0, 0.1) is 12.7 Å². The summed E-state index contributed by atoms with van der Waals surface area (Å²) in [6.45, 7) is 3.85. The summed E-state index contributed by atoms with van der Waals surface area (Å²) < 4.78 is 16.0. The van der Waals surface area contributed by atoms with Gasteiger partial charge in [0.1, 0.15) is 11.9 Å². The fraction of sp³-hybridized carbons (Fsp3) is 0.385. The molecule has 33 heavy (non-hydrogen) atoms. The zero-order valence-electron chi connectivity index (χ0n) is 18.8. The Morgan fingerprint density at radius 3 is 2.76 bits per heavy atom. The Hall–Kier alpha value is -2.86. The fourth-order valence-electron chi connectivity index (χ4n) is 5.01. The average Bonchev–Trinajstić information content (AvgIpc) is 3.07. The van der Waals surface area contributed by atoms with Crippen LogP contribution < -0.4 is 5.32 Å². The average molecular weight is 471 g/mol. The lowest BCUT2D eigenvalue weighted by molar-refractivity contribution is -0.141. The van der Waals surface area contributed by atoms with Crippen molar-refractivity contribution in [1.82, 2.24) is 9.88 Å². The van der Waals surface area contributed by atoms with Gasteiger partial charge in [0.25, 0.3) is 0 Å². The standard InChI is InChI=1S/C26H28ClFN2O3/c1-3-22(26(32)33)30-23-10-9-18(14-19(23)20-12-17(28)13-21(27)25(20)30)29-24(31)11-8-16-7-5-4-6-15(16)2/h4-7,12-13,18,22H,3,8-11,14H2,1-2H3,(H,29,31)(H,32,33). The van der Waals surface area contributed by atoms with Gasteiger partial charge < -0.3 is 15.0 Å². The van der Waals surface area contributed by atoms with E-state index in [0.717, 1.165) is 16.8 Å². The number of rotatable bonds is 7. The first-order chi connectivity index (χ1) is 15.8. The number of aromatic nitrogens is 1. The van der Waals surface area contributed by atoms with Crippen molar-refractivity contribution >= 4 is 34.4 Å². The van der Waals surface area contributed by atoms with E-state index in [1.54, 1.807) is 4.57 Å². The number of amides is 1. The highest BCUT2D eigenvalue weighted by Gasteiger charge is 2.32. The fourth-order valence-corrected chi connectivity index (χ4v) is 5.31. The van der Waals surface area contributed by atoms with Gasteiger partial charge in [0.15, 0.2) is 0 Å². The van der Waals surface area contributed by atoms with Gasteiger partial charge in [-0.15, -0.1) is 0 Å². The van der Waals surface area contributed by atoms with Crippen molar-refractivity contribution in [1.29, 1.82) is 0 Å². The van der Waals surface area contributed by atoms with E-state index in [-0.39, 0.29) is 17.0 Å².